The molecule has 11 heteroatoms. The van der Waals surface area contributed by atoms with E-state index in [4.69, 9.17) is 16.1 Å². The number of hydrogen-bond donors (Lipinski definition) is 0. The van der Waals surface area contributed by atoms with E-state index in [1.807, 2.05) is 0 Å². The lowest BCUT2D eigenvalue weighted by Crippen LogP contribution is -2.39. The zero-order valence-corrected chi connectivity index (χ0v) is 15.9. The summed E-state index contributed by atoms with van der Waals surface area (Å²) in [7, 11) is 0. The molecule has 9 nitrogen and oxygen atoms in total. The monoisotopic (exact) mass is 426 g/mol. The SMILES string of the molecule is O=C1[C@@H]2N=NN(Cc3nc(-c4ccc(Cl)cc4)no3)[C@H]2C(=O)N1c1cccc(F)c1. The molecule has 0 aliphatic carbocycles. The van der Waals surface area contributed by atoms with E-state index >= 15 is 0 Å². The second kappa shape index (κ2) is 6.99. The maximum Gasteiger partial charge on any atom is 0.263 e. The average Bonchev–Trinajstić information content (AvgIpc) is 3.41. The van der Waals surface area contributed by atoms with Gasteiger partial charge in [0.15, 0.2) is 12.1 Å². The van der Waals surface area contributed by atoms with E-state index in [2.05, 4.69) is 20.5 Å². The fourth-order valence-electron chi connectivity index (χ4n) is 3.40. The van der Waals surface area contributed by atoms with Gasteiger partial charge in [0.2, 0.25) is 11.7 Å². The molecule has 0 bridgehead atoms. The van der Waals surface area contributed by atoms with Crippen molar-refractivity contribution in [3.63, 3.8) is 0 Å². The molecule has 0 radical (unpaired) electrons. The van der Waals surface area contributed by atoms with Crippen LogP contribution in [0.15, 0.2) is 63.4 Å². The second-order valence-corrected chi connectivity index (χ2v) is 7.14. The molecular weight excluding hydrogens is 415 g/mol. The highest BCUT2D eigenvalue weighted by Crippen LogP contribution is 2.33. The van der Waals surface area contributed by atoms with E-state index in [1.165, 1.54) is 23.2 Å². The van der Waals surface area contributed by atoms with E-state index in [0.29, 0.717) is 16.4 Å². The van der Waals surface area contributed by atoms with Crippen LogP contribution < -0.4 is 4.90 Å². The Balaban J connectivity index is 1.36. The van der Waals surface area contributed by atoms with Gasteiger partial charge < -0.3 is 4.52 Å². The summed E-state index contributed by atoms with van der Waals surface area (Å²) < 4.78 is 18.8. The van der Waals surface area contributed by atoms with Gasteiger partial charge in [-0.2, -0.15) is 10.1 Å². The minimum absolute atomic E-state index is 0.0126. The standard InChI is InChI=1S/C19H12ClFN6O3/c20-11-6-4-10(5-7-11)17-22-14(30-24-17)9-26-16-15(23-25-26)18(28)27(19(16)29)13-3-1-2-12(21)8-13/h1-8,15-16H,9H2/t15-,16-/m1/s1. The Morgan fingerprint density at radius 2 is 1.90 bits per heavy atom. The minimum Gasteiger partial charge on any atom is -0.337 e. The highest BCUT2D eigenvalue weighted by atomic mass is 35.5. The number of carbonyl (C=O) groups is 2. The fraction of sp³-hybridized carbons (Fsp3) is 0.158. The average molecular weight is 427 g/mol. The van der Waals surface area contributed by atoms with Gasteiger partial charge in [0.25, 0.3) is 11.8 Å². The summed E-state index contributed by atoms with van der Waals surface area (Å²) in [6.07, 6.45) is 0. The number of halogens is 2. The van der Waals surface area contributed by atoms with Gasteiger partial charge >= 0.3 is 0 Å². The molecule has 0 unspecified atom stereocenters. The molecule has 150 valence electrons. The Labute approximate surface area is 173 Å². The summed E-state index contributed by atoms with van der Waals surface area (Å²) in [5.74, 6) is -1.11. The topological polar surface area (TPSA) is 104 Å². The number of aromatic nitrogens is 2. The van der Waals surface area contributed by atoms with Crippen LogP contribution in [0.2, 0.25) is 5.02 Å². The van der Waals surface area contributed by atoms with Crippen molar-refractivity contribution in [3.8, 4) is 11.4 Å². The van der Waals surface area contributed by atoms with E-state index in [9.17, 15) is 14.0 Å². The number of nitrogens with zero attached hydrogens (tertiary/aromatic N) is 6. The summed E-state index contributed by atoms with van der Waals surface area (Å²) in [5, 5.41) is 13.7. The van der Waals surface area contributed by atoms with Crippen molar-refractivity contribution in [1.82, 2.24) is 15.1 Å². The van der Waals surface area contributed by atoms with Gasteiger partial charge in [0, 0.05) is 10.6 Å². The number of amides is 2. The first-order valence-corrected chi connectivity index (χ1v) is 9.28. The molecule has 1 aromatic heterocycles. The highest BCUT2D eigenvalue weighted by Gasteiger charge is 2.55. The van der Waals surface area contributed by atoms with Crippen LogP contribution in [0, 0.1) is 5.82 Å². The van der Waals surface area contributed by atoms with Crippen molar-refractivity contribution in [2.45, 2.75) is 18.6 Å². The lowest BCUT2D eigenvalue weighted by molar-refractivity contribution is -0.123. The molecular formula is C19H12ClFN6O3. The highest BCUT2D eigenvalue weighted by molar-refractivity contribution is 6.30. The molecule has 1 fully saturated rings. The van der Waals surface area contributed by atoms with E-state index < -0.39 is 29.7 Å². The van der Waals surface area contributed by atoms with Crippen molar-refractivity contribution in [2.24, 2.45) is 10.3 Å². The van der Waals surface area contributed by atoms with Crippen LogP contribution in [0.5, 0.6) is 0 Å². The molecule has 2 amide bonds. The number of fused-ring (bicyclic) bond motifs is 1. The quantitative estimate of drug-likeness (QED) is 0.594. The number of benzene rings is 2. The van der Waals surface area contributed by atoms with Crippen LogP contribution in [-0.2, 0) is 16.1 Å². The number of imide groups is 1. The molecule has 2 aliphatic rings. The van der Waals surface area contributed by atoms with Crippen LogP contribution in [0.4, 0.5) is 10.1 Å². The molecule has 30 heavy (non-hydrogen) atoms. The molecule has 1 saturated heterocycles. The lowest BCUT2D eigenvalue weighted by Gasteiger charge is -2.19. The Morgan fingerprint density at radius 3 is 2.67 bits per heavy atom. The van der Waals surface area contributed by atoms with E-state index in [1.54, 1.807) is 24.3 Å². The summed E-state index contributed by atoms with van der Waals surface area (Å²) >= 11 is 5.88. The van der Waals surface area contributed by atoms with Gasteiger partial charge in [-0.15, -0.1) is 0 Å². The van der Waals surface area contributed by atoms with Crippen molar-refractivity contribution < 1.29 is 18.5 Å². The fourth-order valence-corrected chi connectivity index (χ4v) is 3.52. The summed E-state index contributed by atoms with van der Waals surface area (Å²) in [5.41, 5.74) is 0.858. The summed E-state index contributed by atoms with van der Waals surface area (Å²) in [6.45, 7) is -0.0126. The number of rotatable bonds is 4. The normalized spacial score (nSPS) is 20.3. The van der Waals surface area contributed by atoms with Gasteiger partial charge in [-0.25, -0.2) is 9.29 Å². The lowest BCUT2D eigenvalue weighted by atomic mass is 10.1. The Bertz CT molecular complexity index is 1180. The zero-order chi connectivity index (χ0) is 20.8. The zero-order valence-electron chi connectivity index (χ0n) is 15.1. The molecule has 2 aromatic carbocycles. The van der Waals surface area contributed by atoms with Crippen LogP contribution in [0.25, 0.3) is 11.4 Å². The second-order valence-electron chi connectivity index (χ2n) is 6.70. The molecule has 3 aromatic rings. The van der Waals surface area contributed by atoms with Crippen molar-refractivity contribution in [3.05, 3.63) is 65.3 Å². The molecule has 5 rings (SSSR count). The van der Waals surface area contributed by atoms with Crippen LogP contribution >= 0.6 is 11.6 Å². The van der Waals surface area contributed by atoms with Crippen LogP contribution in [0.3, 0.4) is 0 Å². The van der Waals surface area contributed by atoms with E-state index in [-0.39, 0.29) is 18.1 Å². The molecule has 0 spiro atoms. The molecule has 0 N–H and O–H groups in total. The molecule has 3 heterocycles. The van der Waals surface area contributed by atoms with Gasteiger partial charge in [-0.05, 0) is 42.5 Å². The number of hydrogen-bond acceptors (Lipinski definition) is 8. The summed E-state index contributed by atoms with van der Waals surface area (Å²) in [4.78, 5) is 30.8. The number of anilines is 1. The smallest absolute Gasteiger partial charge is 0.263 e. The Hall–Kier alpha value is -3.66. The third-order valence-electron chi connectivity index (χ3n) is 4.79. The first-order chi connectivity index (χ1) is 14.5. The van der Waals surface area contributed by atoms with Crippen molar-refractivity contribution >= 4 is 29.1 Å². The van der Waals surface area contributed by atoms with Gasteiger partial charge in [-0.3, -0.25) is 14.6 Å². The van der Waals surface area contributed by atoms with Crippen LogP contribution in [0.1, 0.15) is 5.89 Å². The summed E-state index contributed by atoms with van der Waals surface area (Å²) in [6, 6.07) is 10.2. The molecule has 2 atom stereocenters. The largest absolute Gasteiger partial charge is 0.337 e. The third kappa shape index (κ3) is 3.01. The van der Waals surface area contributed by atoms with Crippen molar-refractivity contribution in [1.29, 1.82) is 0 Å². The van der Waals surface area contributed by atoms with E-state index in [0.717, 1.165) is 11.0 Å². The predicted molar refractivity (Wildman–Crippen MR) is 102 cm³/mol. The first-order valence-electron chi connectivity index (χ1n) is 8.90. The predicted octanol–water partition coefficient (Wildman–Crippen LogP) is 3.02. The Kier molecular flexibility index (Phi) is 4.28. The van der Waals surface area contributed by atoms with Gasteiger partial charge in [0.05, 0.1) is 5.69 Å². The molecule has 0 saturated carbocycles. The third-order valence-corrected chi connectivity index (χ3v) is 5.04. The number of carbonyl (C=O) groups excluding carboxylic acids is 2. The maximum absolute atomic E-state index is 13.6. The van der Waals surface area contributed by atoms with Gasteiger partial charge in [-0.1, -0.05) is 28.0 Å². The molecule has 2 aliphatic heterocycles. The minimum atomic E-state index is -1.00. The first kappa shape index (κ1) is 18.4. The van der Waals surface area contributed by atoms with Crippen molar-refractivity contribution in [2.75, 3.05) is 4.90 Å². The maximum atomic E-state index is 13.6. The van der Waals surface area contributed by atoms with Crippen LogP contribution in [-0.4, -0.2) is 39.0 Å². The van der Waals surface area contributed by atoms with Gasteiger partial charge in [0.1, 0.15) is 12.4 Å². The Morgan fingerprint density at radius 1 is 1.10 bits per heavy atom.